The van der Waals surface area contributed by atoms with Gasteiger partial charge in [0.05, 0.1) is 0 Å². The molecule has 0 atom stereocenters. The second-order valence-electron chi connectivity index (χ2n) is 1.96. The van der Waals surface area contributed by atoms with Crippen LogP contribution < -0.4 is 0 Å². The minimum absolute atomic E-state index is 0.236. The van der Waals surface area contributed by atoms with Crippen LogP contribution in [0.25, 0.3) is 0 Å². The van der Waals surface area contributed by atoms with E-state index in [1.54, 1.807) is 13.8 Å². The van der Waals surface area contributed by atoms with E-state index in [-0.39, 0.29) is 12.8 Å². The molecule has 68 valence electrons. The fourth-order valence-electron chi connectivity index (χ4n) is 0.397. The van der Waals surface area contributed by atoms with E-state index in [0.717, 1.165) is 0 Å². The summed E-state index contributed by atoms with van der Waals surface area (Å²) in [5, 5.41) is 0. The zero-order chi connectivity index (χ0) is 9.56. The third kappa shape index (κ3) is 5.42. The van der Waals surface area contributed by atoms with Crippen LogP contribution in [0.1, 0.15) is 26.7 Å². The Morgan fingerprint density at radius 1 is 1.17 bits per heavy atom. The van der Waals surface area contributed by atoms with Crippen molar-refractivity contribution >= 4 is 35.9 Å². The molecule has 0 heterocycles. The number of hydrogen-bond acceptors (Lipinski definition) is 4. The molecular formula is C6H10AlClO4. The molecule has 12 heavy (non-hydrogen) atoms. The topological polar surface area (TPSA) is 52.6 Å². The van der Waals surface area contributed by atoms with Crippen LogP contribution in [0.2, 0.25) is 0 Å². The van der Waals surface area contributed by atoms with Crippen molar-refractivity contribution in [2.24, 2.45) is 0 Å². The first-order chi connectivity index (χ1) is 5.60. The highest BCUT2D eigenvalue weighted by Crippen LogP contribution is 1.99. The molecule has 0 saturated carbocycles. The molecule has 4 nitrogen and oxygen atoms in total. The van der Waals surface area contributed by atoms with Crippen LogP contribution in [0.5, 0.6) is 0 Å². The molecule has 0 fully saturated rings. The molecule has 0 spiro atoms. The van der Waals surface area contributed by atoms with Gasteiger partial charge >= 0.3 is 13.9 Å². The van der Waals surface area contributed by atoms with Gasteiger partial charge in [0.15, 0.2) is 0 Å². The van der Waals surface area contributed by atoms with Crippen molar-refractivity contribution < 1.29 is 17.2 Å². The molecule has 0 aromatic heterocycles. The molecule has 6 heteroatoms. The Morgan fingerprint density at radius 2 is 1.50 bits per heavy atom. The van der Waals surface area contributed by atoms with Crippen molar-refractivity contribution in [2.45, 2.75) is 26.7 Å². The fraction of sp³-hybridized carbons (Fsp3) is 0.667. The van der Waals surface area contributed by atoms with Crippen molar-refractivity contribution in [3.63, 3.8) is 0 Å². The summed E-state index contributed by atoms with van der Waals surface area (Å²) >= 11 is -2.58. The quantitative estimate of drug-likeness (QED) is 0.650. The van der Waals surface area contributed by atoms with Crippen LogP contribution in [-0.4, -0.2) is 25.8 Å². The maximum Gasteiger partial charge on any atom is 1.00 e. The van der Waals surface area contributed by atoms with Crippen LogP contribution in [0.4, 0.5) is 0 Å². The van der Waals surface area contributed by atoms with Gasteiger partial charge in [-0.3, -0.25) is 9.59 Å². The van der Waals surface area contributed by atoms with E-state index in [9.17, 15) is 9.59 Å². The molecule has 0 amide bonds. The van der Waals surface area contributed by atoms with E-state index in [0.29, 0.717) is 0 Å². The van der Waals surface area contributed by atoms with Gasteiger partial charge in [-0.15, -0.1) is 0 Å². The van der Waals surface area contributed by atoms with Gasteiger partial charge in [-0.2, -0.15) is 10.0 Å². The average Bonchev–Trinajstić information content (AvgIpc) is 2.03. The number of halogens is 1. The third-order valence-corrected chi connectivity index (χ3v) is 2.46. The molecule has 0 aromatic rings. The smallest absolute Gasteiger partial charge is 0.573 e. The van der Waals surface area contributed by atoms with E-state index in [1.165, 1.54) is 0 Å². The first-order valence-corrected chi connectivity index (χ1v) is 6.32. The highest BCUT2D eigenvalue weighted by molar-refractivity contribution is 7.00. The van der Waals surface area contributed by atoms with Crippen molar-refractivity contribution in [3.8, 4) is 0 Å². The van der Waals surface area contributed by atoms with Crippen LogP contribution in [-0.2, 0) is 17.2 Å². The van der Waals surface area contributed by atoms with Gasteiger partial charge in [0, 0.05) is 12.8 Å². The Hall–Kier alpha value is -0.238. The summed E-state index contributed by atoms with van der Waals surface area (Å²) in [5.74, 6) is -0.879. The van der Waals surface area contributed by atoms with E-state index in [4.69, 9.17) is 10.0 Å². The van der Waals surface area contributed by atoms with Gasteiger partial charge in [0.25, 0.3) is 11.9 Å². The zero-order valence-corrected chi connectivity index (χ0v) is 8.91. The maximum absolute atomic E-state index is 10.6. The fourth-order valence-corrected chi connectivity index (χ4v) is 1.79. The number of carbonyl (C=O) groups excluding carboxylic acids is 2. The summed E-state index contributed by atoms with van der Waals surface area (Å²) in [5.41, 5.74) is 0. The Labute approximate surface area is 80.0 Å². The second kappa shape index (κ2) is 6.30. The zero-order valence-electron chi connectivity index (χ0n) is 7.00. The van der Waals surface area contributed by atoms with Gasteiger partial charge < -0.3 is 7.58 Å². The summed E-state index contributed by atoms with van der Waals surface area (Å²) in [6, 6.07) is 0. The van der Waals surface area contributed by atoms with Crippen molar-refractivity contribution in [3.05, 3.63) is 0 Å². The normalized spacial score (nSPS) is 8.92. The second-order valence-corrected chi connectivity index (χ2v) is 4.05. The minimum atomic E-state index is -2.58. The Balaban J connectivity index is 3.66. The predicted octanol–water partition coefficient (Wildman–Crippen LogP) is 1.12. The van der Waals surface area contributed by atoms with E-state index < -0.39 is 25.8 Å². The van der Waals surface area contributed by atoms with Gasteiger partial charge in [0.2, 0.25) is 0 Å². The number of carbonyl (C=O) groups is 2. The van der Waals surface area contributed by atoms with Crippen LogP contribution in [0, 0.1) is 0 Å². The minimum Gasteiger partial charge on any atom is -0.573 e. The predicted molar refractivity (Wildman–Crippen MR) is 44.4 cm³/mol. The third-order valence-electron chi connectivity index (χ3n) is 1.03. The Morgan fingerprint density at radius 3 is 1.75 bits per heavy atom. The largest absolute Gasteiger partial charge is 1.00 e. The molecule has 0 radical (unpaired) electrons. The number of hydrogen-bond donors (Lipinski definition) is 0. The number of rotatable bonds is 4. The lowest BCUT2D eigenvalue weighted by Gasteiger charge is -2.06. The SMILES string of the molecule is CCC(=O)[O][Al]([Cl])[O]C(=O)CC. The van der Waals surface area contributed by atoms with Gasteiger partial charge in [-0.25, -0.2) is 0 Å². The highest BCUT2D eigenvalue weighted by Gasteiger charge is 2.34. The molecule has 0 unspecified atom stereocenters. The van der Waals surface area contributed by atoms with Crippen LogP contribution >= 0.6 is 10.0 Å². The van der Waals surface area contributed by atoms with Gasteiger partial charge in [-0.05, 0) is 0 Å². The summed E-state index contributed by atoms with van der Waals surface area (Å²) in [6.07, 6.45) is 0.472. The molecule has 0 aliphatic rings. The lowest BCUT2D eigenvalue weighted by molar-refractivity contribution is -0.139. The van der Waals surface area contributed by atoms with Crippen molar-refractivity contribution in [1.29, 1.82) is 0 Å². The maximum atomic E-state index is 10.6. The molecule has 0 N–H and O–H groups in total. The van der Waals surface area contributed by atoms with Gasteiger partial charge in [-0.1, -0.05) is 13.8 Å². The summed E-state index contributed by atoms with van der Waals surface area (Å²) in [4.78, 5) is 21.3. The molecule has 0 bridgehead atoms. The first-order valence-electron chi connectivity index (χ1n) is 3.63. The summed E-state index contributed by atoms with van der Waals surface area (Å²) in [7, 11) is 5.48. The molecule has 0 rings (SSSR count). The van der Waals surface area contributed by atoms with Crippen LogP contribution in [0.3, 0.4) is 0 Å². The van der Waals surface area contributed by atoms with Gasteiger partial charge in [0.1, 0.15) is 0 Å². The Bertz CT molecular complexity index is 155. The summed E-state index contributed by atoms with van der Waals surface area (Å²) in [6.45, 7) is 3.28. The molecule has 0 aromatic carbocycles. The molecule has 0 aliphatic heterocycles. The van der Waals surface area contributed by atoms with Crippen LogP contribution in [0.15, 0.2) is 0 Å². The average molecular weight is 209 g/mol. The standard InChI is InChI=1S/2C3H6O2.Al.ClH/c2*1-2-3(4)5;;/h2*2H2,1H3,(H,4,5);;1H/q;;+3;/p-3. The lowest BCUT2D eigenvalue weighted by atomic mass is 10.5. The highest BCUT2D eigenvalue weighted by atomic mass is 35.6. The Kier molecular flexibility index (Phi) is 6.17. The monoisotopic (exact) mass is 208 g/mol. The van der Waals surface area contributed by atoms with E-state index >= 15 is 0 Å². The van der Waals surface area contributed by atoms with Crippen molar-refractivity contribution in [2.75, 3.05) is 0 Å². The lowest BCUT2D eigenvalue weighted by Crippen LogP contribution is -2.23. The first kappa shape index (κ1) is 11.8. The molecule has 0 saturated heterocycles. The molecule has 0 aliphatic carbocycles. The van der Waals surface area contributed by atoms with Crippen molar-refractivity contribution in [1.82, 2.24) is 0 Å². The van der Waals surface area contributed by atoms with E-state index in [1.807, 2.05) is 0 Å². The molecular weight excluding hydrogens is 198 g/mol. The van der Waals surface area contributed by atoms with E-state index in [2.05, 4.69) is 7.58 Å². The summed E-state index contributed by atoms with van der Waals surface area (Å²) < 4.78 is 9.19.